The van der Waals surface area contributed by atoms with Crippen LogP contribution in [-0.4, -0.2) is 35.7 Å². The van der Waals surface area contributed by atoms with Gasteiger partial charge in [-0.05, 0) is 17.7 Å². The first-order chi connectivity index (χ1) is 9.64. The quantitative estimate of drug-likeness (QED) is 0.634. The molecule has 21 heavy (non-hydrogen) atoms. The molecular weight excluding hydrogens is 320 g/mol. The highest BCUT2D eigenvalue weighted by Crippen LogP contribution is 2.10. The molecule has 0 aliphatic rings. The molecule has 1 aromatic carbocycles. The van der Waals surface area contributed by atoms with Crippen molar-refractivity contribution >= 4 is 26.0 Å². The Hall–Kier alpha value is -1.49. The Kier molecular flexibility index (Phi) is 5.84. The largest absolute Gasteiger partial charge is 0.469 e. The Balaban J connectivity index is 2.69. The summed E-state index contributed by atoms with van der Waals surface area (Å²) in [5.74, 6) is -1.04. The number of nitrogens with two attached hydrogens (primary N) is 1. The van der Waals surface area contributed by atoms with Crippen LogP contribution in [0.3, 0.4) is 0 Å². The minimum Gasteiger partial charge on any atom is -0.469 e. The van der Waals surface area contributed by atoms with Crippen LogP contribution in [0.2, 0.25) is 0 Å². The standard InChI is InChI=1S/C11H16N2O6S2/c1-19-11(14)5-6-20(15,16)13-8-9-3-2-4-10(7-9)21(12,17)18/h2-4,7,13H,5-6,8H2,1H3,(H2,12,17,18). The first-order valence-electron chi connectivity index (χ1n) is 5.80. The van der Waals surface area contributed by atoms with Gasteiger partial charge in [0.25, 0.3) is 0 Å². The van der Waals surface area contributed by atoms with Crippen LogP contribution in [0.1, 0.15) is 12.0 Å². The summed E-state index contributed by atoms with van der Waals surface area (Å²) in [6.07, 6.45) is -0.261. The third kappa shape index (κ3) is 6.21. The summed E-state index contributed by atoms with van der Waals surface area (Å²) in [4.78, 5) is 10.8. The first-order valence-corrected chi connectivity index (χ1v) is 9.00. The van der Waals surface area contributed by atoms with Crippen LogP contribution in [0.5, 0.6) is 0 Å². The highest BCUT2D eigenvalue weighted by molar-refractivity contribution is 7.89. The zero-order valence-corrected chi connectivity index (χ0v) is 12.9. The number of rotatable bonds is 7. The molecule has 1 rings (SSSR count). The monoisotopic (exact) mass is 336 g/mol. The fraction of sp³-hybridized carbons (Fsp3) is 0.364. The average Bonchev–Trinajstić information content (AvgIpc) is 2.42. The molecule has 0 heterocycles. The molecule has 0 saturated heterocycles. The molecular formula is C11H16N2O6S2. The number of nitrogens with one attached hydrogen (secondary N) is 1. The fourth-order valence-corrected chi connectivity index (χ4v) is 2.97. The molecule has 0 aliphatic heterocycles. The van der Waals surface area contributed by atoms with Crippen molar-refractivity contribution in [3.63, 3.8) is 0 Å². The van der Waals surface area contributed by atoms with Crippen LogP contribution in [-0.2, 0) is 36.1 Å². The summed E-state index contributed by atoms with van der Waals surface area (Å²) < 4.78 is 52.3. The number of carbonyl (C=O) groups is 1. The summed E-state index contributed by atoms with van der Waals surface area (Å²) in [5.41, 5.74) is 0.433. The molecule has 0 bridgehead atoms. The second kappa shape index (κ2) is 6.98. The highest BCUT2D eigenvalue weighted by atomic mass is 32.2. The molecule has 0 amide bonds. The average molecular weight is 336 g/mol. The number of benzene rings is 1. The van der Waals surface area contributed by atoms with Gasteiger partial charge < -0.3 is 4.74 Å². The Morgan fingerprint density at radius 2 is 1.95 bits per heavy atom. The van der Waals surface area contributed by atoms with Crippen molar-refractivity contribution in [3.8, 4) is 0 Å². The normalized spacial score (nSPS) is 12.1. The van der Waals surface area contributed by atoms with Crippen LogP contribution >= 0.6 is 0 Å². The molecule has 0 spiro atoms. The summed E-state index contributed by atoms with van der Waals surface area (Å²) in [7, 11) is -6.34. The number of carbonyl (C=O) groups excluding carboxylic acids is 1. The van der Waals surface area contributed by atoms with Gasteiger partial charge in [-0.25, -0.2) is 26.7 Å². The number of hydrogen-bond acceptors (Lipinski definition) is 6. The predicted octanol–water partition coefficient (Wildman–Crippen LogP) is -0.683. The summed E-state index contributed by atoms with van der Waals surface area (Å²) >= 11 is 0. The Bertz CT molecular complexity index is 712. The molecule has 0 saturated carbocycles. The molecule has 10 heteroatoms. The lowest BCUT2D eigenvalue weighted by Crippen LogP contribution is -2.27. The van der Waals surface area contributed by atoms with E-state index in [2.05, 4.69) is 9.46 Å². The van der Waals surface area contributed by atoms with E-state index in [1.165, 1.54) is 25.3 Å². The molecule has 1 aromatic rings. The van der Waals surface area contributed by atoms with Gasteiger partial charge in [-0.2, -0.15) is 0 Å². The van der Waals surface area contributed by atoms with Gasteiger partial charge in [0, 0.05) is 6.54 Å². The number of primary sulfonamides is 1. The zero-order chi connectivity index (χ0) is 16.1. The molecule has 3 N–H and O–H groups in total. The molecule has 0 radical (unpaired) electrons. The lowest BCUT2D eigenvalue weighted by atomic mass is 10.2. The van der Waals surface area contributed by atoms with Crippen molar-refractivity contribution in [1.82, 2.24) is 4.72 Å². The van der Waals surface area contributed by atoms with Crippen molar-refractivity contribution in [2.45, 2.75) is 17.9 Å². The van der Waals surface area contributed by atoms with E-state index in [0.29, 0.717) is 5.56 Å². The van der Waals surface area contributed by atoms with Crippen molar-refractivity contribution in [2.24, 2.45) is 5.14 Å². The number of sulfonamides is 2. The smallest absolute Gasteiger partial charge is 0.306 e. The first kappa shape index (κ1) is 17.6. The number of ether oxygens (including phenoxy) is 1. The van der Waals surface area contributed by atoms with Gasteiger partial charge in [0.2, 0.25) is 20.0 Å². The fourth-order valence-electron chi connectivity index (χ4n) is 1.42. The van der Waals surface area contributed by atoms with Gasteiger partial charge in [0.15, 0.2) is 0 Å². The molecule has 8 nitrogen and oxygen atoms in total. The minimum atomic E-state index is -3.84. The minimum absolute atomic E-state index is 0.103. The molecule has 0 aliphatic carbocycles. The second-order valence-electron chi connectivity index (χ2n) is 4.16. The van der Waals surface area contributed by atoms with Gasteiger partial charge >= 0.3 is 5.97 Å². The van der Waals surface area contributed by atoms with Gasteiger partial charge in [-0.3, -0.25) is 4.79 Å². The highest BCUT2D eigenvalue weighted by Gasteiger charge is 2.14. The summed E-state index contributed by atoms with van der Waals surface area (Å²) in [6, 6.07) is 5.60. The molecule has 0 unspecified atom stereocenters. The maximum Gasteiger partial charge on any atom is 0.306 e. The van der Waals surface area contributed by atoms with E-state index in [1.807, 2.05) is 0 Å². The van der Waals surface area contributed by atoms with E-state index in [4.69, 9.17) is 5.14 Å². The van der Waals surface area contributed by atoms with Crippen molar-refractivity contribution < 1.29 is 26.4 Å². The molecule has 0 atom stereocenters. The van der Waals surface area contributed by atoms with Crippen LogP contribution in [0, 0.1) is 0 Å². The third-order valence-corrected chi connectivity index (χ3v) is 4.76. The zero-order valence-electron chi connectivity index (χ0n) is 11.3. The van der Waals surface area contributed by atoms with Crippen LogP contribution in [0.15, 0.2) is 29.2 Å². The third-order valence-electron chi connectivity index (χ3n) is 2.53. The summed E-state index contributed by atoms with van der Waals surface area (Å²) in [5, 5.41) is 4.99. The van der Waals surface area contributed by atoms with Gasteiger partial charge in [-0.15, -0.1) is 0 Å². The van der Waals surface area contributed by atoms with E-state index >= 15 is 0 Å². The van der Waals surface area contributed by atoms with E-state index in [1.54, 1.807) is 6.07 Å². The van der Waals surface area contributed by atoms with Crippen LogP contribution in [0.25, 0.3) is 0 Å². The second-order valence-corrected chi connectivity index (χ2v) is 7.65. The molecule has 0 fully saturated rings. The molecule has 0 aromatic heterocycles. The SMILES string of the molecule is COC(=O)CCS(=O)(=O)NCc1cccc(S(N)(=O)=O)c1. The predicted molar refractivity (Wildman–Crippen MR) is 75.1 cm³/mol. The Labute approximate surface area is 123 Å². The maximum atomic E-state index is 11.6. The van der Waals surface area contributed by atoms with Gasteiger partial charge in [0.1, 0.15) is 0 Å². The van der Waals surface area contributed by atoms with Crippen molar-refractivity contribution in [3.05, 3.63) is 29.8 Å². The number of methoxy groups -OCH3 is 1. The Morgan fingerprint density at radius 1 is 1.29 bits per heavy atom. The lowest BCUT2D eigenvalue weighted by molar-refractivity contribution is -0.140. The topological polar surface area (TPSA) is 133 Å². The van der Waals surface area contributed by atoms with E-state index in [0.717, 1.165) is 0 Å². The van der Waals surface area contributed by atoms with E-state index in [9.17, 15) is 21.6 Å². The van der Waals surface area contributed by atoms with Crippen molar-refractivity contribution in [2.75, 3.05) is 12.9 Å². The summed E-state index contributed by atoms with van der Waals surface area (Å²) in [6.45, 7) is -0.104. The van der Waals surface area contributed by atoms with Crippen LogP contribution < -0.4 is 9.86 Å². The number of esters is 1. The van der Waals surface area contributed by atoms with Crippen molar-refractivity contribution in [1.29, 1.82) is 0 Å². The van der Waals surface area contributed by atoms with Crippen LogP contribution in [0.4, 0.5) is 0 Å². The van der Waals surface area contributed by atoms with E-state index in [-0.39, 0.29) is 17.9 Å². The maximum absolute atomic E-state index is 11.6. The Morgan fingerprint density at radius 3 is 2.52 bits per heavy atom. The van der Waals surface area contributed by atoms with E-state index < -0.39 is 31.8 Å². The number of hydrogen-bond donors (Lipinski definition) is 2. The molecule has 118 valence electrons. The lowest BCUT2D eigenvalue weighted by Gasteiger charge is -2.07. The van der Waals surface area contributed by atoms with Gasteiger partial charge in [0.05, 0.1) is 24.2 Å². The van der Waals surface area contributed by atoms with Gasteiger partial charge in [-0.1, -0.05) is 12.1 Å².